The van der Waals surface area contributed by atoms with Gasteiger partial charge in [-0.1, -0.05) is 152 Å². The molecule has 0 bridgehead atoms. The molecule has 0 fully saturated rings. The van der Waals surface area contributed by atoms with E-state index < -0.39 is 0 Å². The average Bonchev–Trinajstić information content (AvgIpc) is 3.70. The van der Waals surface area contributed by atoms with Gasteiger partial charge in [0.15, 0.2) is 0 Å². The Labute approximate surface area is 348 Å². The lowest BCUT2D eigenvalue weighted by Crippen LogP contribution is -2.10. The zero-order valence-corrected chi connectivity index (χ0v) is 33.1. The minimum absolute atomic E-state index is 1.10. The number of nitrogens with zero attached hydrogens (tertiary/aromatic N) is 2. The van der Waals surface area contributed by atoms with E-state index in [2.05, 4.69) is 240 Å². The van der Waals surface area contributed by atoms with Crippen LogP contribution in [-0.4, -0.2) is 0 Å². The Balaban J connectivity index is 0.969. The summed E-state index contributed by atoms with van der Waals surface area (Å²) in [5.74, 6) is 0. The topological polar surface area (TPSA) is 6.48 Å². The van der Waals surface area contributed by atoms with Crippen LogP contribution >= 0.6 is 11.3 Å². The Hall–Kier alpha value is -7.46. The Morgan fingerprint density at radius 1 is 0.288 bits per heavy atom. The molecule has 0 aliphatic rings. The predicted octanol–water partition coefficient (Wildman–Crippen LogP) is 16.6. The van der Waals surface area contributed by atoms with Crippen LogP contribution in [-0.2, 0) is 0 Å². The van der Waals surface area contributed by atoms with E-state index in [-0.39, 0.29) is 0 Å². The quantitative estimate of drug-likeness (QED) is 0.142. The van der Waals surface area contributed by atoms with Gasteiger partial charge in [-0.25, -0.2) is 0 Å². The summed E-state index contributed by atoms with van der Waals surface area (Å²) in [6.45, 7) is 0. The number of anilines is 6. The SMILES string of the molecule is c1ccc(-c2cc3ccccc3c3cc(N(c4ccccc4)c4ccc(-c5ccc(N(c6ccccc6)c6cccc7c6sc6ccccc67)cc5)cc4)ccc23)cc1. The van der Waals surface area contributed by atoms with Crippen molar-refractivity contribution in [1.29, 1.82) is 0 Å². The molecule has 11 aromatic rings. The minimum atomic E-state index is 1.10. The highest BCUT2D eigenvalue weighted by molar-refractivity contribution is 7.26. The first-order valence-electron chi connectivity index (χ1n) is 20.1. The molecule has 10 aromatic carbocycles. The molecule has 0 unspecified atom stereocenters. The van der Waals surface area contributed by atoms with Crippen LogP contribution in [0.5, 0.6) is 0 Å². The summed E-state index contributed by atoms with van der Waals surface area (Å²) >= 11 is 1.86. The molecular formula is C56H38N2S. The molecule has 11 rings (SSSR count). The lowest BCUT2D eigenvalue weighted by Gasteiger charge is -2.27. The number of fused-ring (bicyclic) bond motifs is 6. The number of hydrogen-bond acceptors (Lipinski definition) is 3. The van der Waals surface area contributed by atoms with Crippen LogP contribution in [0.1, 0.15) is 0 Å². The summed E-state index contributed by atoms with van der Waals surface area (Å²) in [4.78, 5) is 4.75. The van der Waals surface area contributed by atoms with Gasteiger partial charge in [0.2, 0.25) is 0 Å². The van der Waals surface area contributed by atoms with Crippen molar-refractivity contribution >= 4 is 87.2 Å². The van der Waals surface area contributed by atoms with E-state index in [1.165, 1.54) is 69.7 Å². The fourth-order valence-electron chi connectivity index (χ4n) is 8.63. The molecule has 1 aromatic heterocycles. The van der Waals surface area contributed by atoms with Crippen LogP contribution in [0.4, 0.5) is 34.1 Å². The van der Waals surface area contributed by atoms with Crippen molar-refractivity contribution in [3.63, 3.8) is 0 Å². The lowest BCUT2D eigenvalue weighted by atomic mass is 9.93. The summed E-state index contributed by atoms with van der Waals surface area (Å²) in [7, 11) is 0. The Morgan fingerprint density at radius 2 is 0.814 bits per heavy atom. The van der Waals surface area contributed by atoms with Gasteiger partial charge in [-0.2, -0.15) is 0 Å². The smallest absolute Gasteiger partial charge is 0.0640 e. The molecule has 0 aliphatic heterocycles. The number of rotatable bonds is 8. The first kappa shape index (κ1) is 34.8. The Morgan fingerprint density at radius 3 is 1.51 bits per heavy atom. The largest absolute Gasteiger partial charge is 0.310 e. The van der Waals surface area contributed by atoms with Gasteiger partial charge in [0, 0.05) is 43.9 Å². The van der Waals surface area contributed by atoms with Gasteiger partial charge < -0.3 is 9.80 Å². The first-order chi connectivity index (χ1) is 29.3. The fourth-order valence-corrected chi connectivity index (χ4v) is 9.84. The number of thiophene rings is 1. The van der Waals surface area contributed by atoms with Crippen LogP contribution < -0.4 is 9.80 Å². The normalized spacial score (nSPS) is 11.4. The monoisotopic (exact) mass is 770 g/mol. The van der Waals surface area contributed by atoms with Crippen LogP contribution in [0.25, 0.3) is 64.0 Å². The fraction of sp³-hybridized carbons (Fsp3) is 0. The van der Waals surface area contributed by atoms with Crippen molar-refractivity contribution in [3.05, 3.63) is 231 Å². The van der Waals surface area contributed by atoms with E-state index in [0.29, 0.717) is 0 Å². The third-order valence-electron chi connectivity index (χ3n) is 11.4. The molecular weight excluding hydrogens is 733 g/mol. The van der Waals surface area contributed by atoms with Gasteiger partial charge in [-0.3, -0.25) is 0 Å². The van der Waals surface area contributed by atoms with Gasteiger partial charge >= 0.3 is 0 Å². The van der Waals surface area contributed by atoms with Gasteiger partial charge in [0.1, 0.15) is 0 Å². The number of hydrogen-bond donors (Lipinski definition) is 0. The zero-order valence-electron chi connectivity index (χ0n) is 32.2. The second-order valence-electron chi connectivity index (χ2n) is 14.9. The highest BCUT2D eigenvalue weighted by Gasteiger charge is 2.19. The van der Waals surface area contributed by atoms with Crippen molar-refractivity contribution in [1.82, 2.24) is 0 Å². The highest BCUT2D eigenvalue weighted by atomic mass is 32.1. The second-order valence-corrected chi connectivity index (χ2v) is 16.0. The summed E-state index contributed by atoms with van der Waals surface area (Å²) in [6.07, 6.45) is 0. The number of benzene rings is 10. The molecule has 2 nitrogen and oxygen atoms in total. The van der Waals surface area contributed by atoms with Crippen LogP contribution in [0.2, 0.25) is 0 Å². The van der Waals surface area contributed by atoms with Crippen molar-refractivity contribution in [2.75, 3.05) is 9.80 Å². The van der Waals surface area contributed by atoms with E-state index in [4.69, 9.17) is 0 Å². The van der Waals surface area contributed by atoms with Crippen molar-refractivity contribution in [3.8, 4) is 22.3 Å². The standard InChI is InChI=1S/C56H38N2S/c1-4-15-41(16-5-1)52-37-42-17-10-11-22-48(42)53-38-47(35-36-49(52)53)57(43-18-6-2-7-19-43)45-31-27-39(28-32-45)40-29-33-46(34-30-40)58(44-20-8-3-9-21-44)54-25-14-24-51-50-23-12-13-26-55(50)59-56(51)54/h1-38H. The maximum Gasteiger partial charge on any atom is 0.0640 e. The summed E-state index contributed by atoms with van der Waals surface area (Å²) in [6, 6.07) is 83.5. The third kappa shape index (κ3) is 6.29. The molecule has 59 heavy (non-hydrogen) atoms. The van der Waals surface area contributed by atoms with E-state index >= 15 is 0 Å². The zero-order chi connectivity index (χ0) is 39.1. The molecule has 0 amide bonds. The molecule has 278 valence electrons. The lowest BCUT2D eigenvalue weighted by molar-refractivity contribution is 1.29. The van der Waals surface area contributed by atoms with E-state index in [0.717, 1.165) is 28.4 Å². The molecule has 0 saturated carbocycles. The Kier molecular flexibility index (Phi) is 8.72. The maximum absolute atomic E-state index is 2.39. The minimum Gasteiger partial charge on any atom is -0.310 e. The van der Waals surface area contributed by atoms with Crippen molar-refractivity contribution in [2.45, 2.75) is 0 Å². The maximum atomic E-state index is 2.39. The molecule has 0 N–H and O–H groups in total. The van der Waals surface area contributed by atoms with Gasteiger partial charge in [0.05, 0.1) is 10.4 Å². The van der Waals surface area contributed by atoms with Gasteiger partial charge in [-0.05, 0) is 123 Å². The predicted molar refractivity (Wildman–Crippen MR) is 255 cm³/mol. The summed E-state index contributed by atoms with van der Waals surface area (Å²) in [5.41, 5.74) is 11.6. The van der Waals surface area contributed by atoms with Crippen LogP contribution in [0.15, 0.2) is 231 Å². The number of para-hydroxylation sites is 2. The van der Waals surface area contributed by atoms with Gasteiger partial charge in [-0.15, -0.1) is 11.3 Å². The summed E-state index contributed by atoms with van der Waals surface area (Å²) in [5, 5.41) is 7.57. The average molecular weight is 771 g/mol. The molecule has 0 aliphatic carbocycles. The first-order valence-corrected chi connectivity index (χ1v) is 20.9. The van der Waals surface area contributed by atoms with Crippen LogP contribution in [0.3, 0.4) is 0 Å². The molecule has 0 atom stereocenters. The van der Waals surface area contributed by atoms with E-state index in [1.807, 2.05) is 11.3 Å². The van der Waals surface area contributed by atoms with E-state index in [1.54, 1.807) is 0 Å². The van der Waals surface area contributed by atoms with E-state index in [9.17, 15) is 0 Å². The Bertz CT molecular complexity index is 3250. The molecule has 1 heterocycles. The summed E-state index contributed by atoms with van der Waals surface area (Å²) < 4.78 is 2.59. The molecule has 0 spiro atoms. The van der Waals surface area contributed by atoms with Crippen LogP contribution in [0, 0.1) is 0 Å². The molecule has 0 radical (unpaired) electrons. The van der Waals surface area contributed by atoms with Crippen molar-refractivity contribution < 1.29 is 0 Å². The van der Waals surface area contributed by atoms with Gasteiger partial charge in [0.25, 0.3) is 0 Å². The second kappa shape index (κ2) is 14.8. The molecule has 3 heteroatoms. The molecule has 0 saturated heterocycles. The highest BCUT2D eigenvalue weighted by Crippen LogP contribution is 2.45. The third-order valence-corrected chi connectivity index (χ3v) is 12.6. The van der Waals surface area contributed by atoms with Crippen molar-refractivity contribution in [2.24, 2.45) is 0 Å².